The van der Waals surface area contributed by atoms with E-state index in [-0.39, 0.29) is 24.0 Å². The summed E-state index contributed by atoms with van der Waals surface area (Å²) < 4.78 is 11.7. The molecule has 0 bridgehead atoms. The molecule has 1 aromatic carbocycles. The van der Waals surface area contributed by atoms with Crippen molar-refractivity contribution in [2.75, 3.05) is 26.7 Å². The highest BCUT2D eigenvalue weighted by Crippen LogP contribution is 2.30. The molecule has 31 heavy (non-hydrogen) atoms. The van der Waals surface area contributed by atoms with Crippen LogP contribution in [0.1, 0.15) is 64.9 Å². The molecular formula is C24H41IN4O2. The minimum absolute atomic E-state index is 0. The van der Waals surface area contributed by atoms with Gasteiger partial charge in [0.05, 0.1) is 19.8 Å². The Morgan fingerprint density at radius 2 is 1.87 bits per heavy atom. The van der Waals surface area contributed by atoms with Gasteiger partial charge >= 0.3 is 0 Å². The lowest BCUT2D eigenvalue weighted by molar-refractivity contribution is 0.167. The molecule has 0 spiro atoms. The molecule has 1 heterocycles. The molecule has 0 atom stereocenters. The minimum Gasteiger partial charge on any atom is -0.497 e. The molecule has 1 saturated carbocycles. The van der Waals surface area contributed by atoms with Crippen molar-refractivity contribution in [1.82, 2.24) is 15.5 Å². The van der Waals surface area contributed by atoms with E-state index in [2.05, 4.69) is 42.4 Å². The second-order valence-corrected chi connectivity index (χ2v) is 8.74. The average molecular weight is 545 g/mol. The van der Waals surface area contributed by atoms with Crippen LogP contribution in [-0.2, 0) is 6.54 Å². The topological polar surface area (TPSA) is 58.1 Å². The molecule has 1 aromatic rings. The quantitative estimate of drug-likeness (QED) is 0.286. The Morgan fingerprint density at radius 1 is 1.16 bits per heavy atom. The van der Waals surface area contributed by atoms with Gasteiger partial charge in [0.1, 0.15) is 11.5 Å². The van der Waals surface area contributed by atoms with Crippen molar-refractivity contribution in [3.05, 3.63) is 23.8 Å². The van der Waals surface area contributed by atoms with Crippen LogP contribution in [0.3, 0.4) is 0 Å². The summed E-state index contributed by atoms with van der Waals surface area (Å²) in [5, 5.41) is 7.06. The van der Waals surface area contributed by atoms with Crippen LogP contribution in [0, 0.1) is 0 Å². The van der Waals surface area contributed by atoms with Crippen molar-refractivity contribution in [3.8, 4) is 11.5 Å². The van der Waals surface area contributed by atoms with Crippen LogP contribution >= 0.6 is 24.0 Å². The lowest BCUT2D eigenvalue weighted by Crippen LogP contribution is -2.49. The van der Waals surface area contributed by atoms with Crippen LogP contribution < -0.4 is 20.1 Å². The number of piperidine rings is 1. The van der Waals surface area contributed by atoms with Gasteiger partial charge in [-0.1, -0.05) is 0 Å². The maximum absolute atomic E-state index is 6.33. The number of likely N-dealkylation sites (tertiary alicyclic amines) is 1. The first kappa shape index (κ1) is 26.0. The molecule has 0 amide bonds. The number of hydrogen-bond acceptors (Lipinski definition) is 4. The zero-order valence-corrected chi connectivity index (χ0v) is 22.0. The van der Waals surface area contributed by atoms with Crippen molar-refractivity contribution < 1.29 is 9.47 Å². The molecule has 2 aliphatic rings. The van der Waals surface area contributed by atoms with E-state index in [1.54, 1.807) is 7.11 Å². The molecule has 0 unspecified atom stereocenters. The zero-order chi connectivity index (χ0) is 21.3. The Morgan fingerprint density at radius 3 is 2.48 bits per heavy atom. The maximum Gasteiger partial charge on any atom is 0.191 e. The number of nitrogens with one attached hydrogen (secondary N) is 2. The van der Waals surface area contributed by atoms with Gasteiger partial charge in [-0.3, -0.25) is 0 Å². The normalized spacial score (nSPS) is 18.7. The summed E-state index contributed by atoms with van der Waals surface area (Å²) >= 11 is 0. The van der Waals surface area contributed by atoms with Gasteiger partial charge < -0.3 is 25.0 Å². The Hall–Kier alpha value is -1.22. The molecule has 2 N–H and O–H groups in total. The van der Waals surface area contributed by atoms with Gasteiger partial charge in [-0.25, -0.2) is 4.99 Å². The highest BCUT2D eigenvalue weighted by molar-refractivity contribution is 14.0. The summed E-state index contributed by atoms with van der Waals surface area (Å²) in [5.74, 6) is 2.63. The maximum atomic E-state index is 6.33. The lowest BCUT2D eigenvalue weighted by atomic mass is 10.0. The third-order valence-electron chi connectivity index (χ3n) is 6.22. The predicted octanol–water partition coefficient (Wildman–Crippen LogP) is 4.56. The molecular weight excluding hydrogens is 503 g/mol. The Kier molecular flexibility index (Phi) is 11.2. The lowest BCUT2D eigenvalue weighted by Gasteiger charge is -2.35. The number of benzene rings is 1. The molecule has 176 valence electrons. The van der Waals surface area contributed by atoms with E-state index in [9.17, 15) is 0 Å². The van der Waals surface area contributed by atoms with E-state index in [4.69, 9.17) is 14.5 Å². The zero-order valence-electron chi connectivity index (χ0n) is 19.7. The molecule has 0 radical (unpaired) electrons. The molecule has 6 nitrogen and oxygen atoms in total. The van der Waals surface area contributed by atoms with Crippen molar-refractivity contribution >= 4 is 29.9 Å². The standard InChI is InChI=1S/C24H40N4O2.HI/c1-5-25-24(27-20-12-14-28(15-13-20)18(2)3)26-17-19-10-11-22(29-4)16-23(19)30-21-8-6-7-9-21;/h10-11,16,18,20-21H,5-9,12-15,17H2,1-4H3,(H2,25,26,27);1H. The number of aliphatic imine (C=N–C) groups is 1. The van der Waals surface area contributed by atoms with Crippen molar-refractivity contribution in [1.29, 1.82) is 0 Å². The summed E-state index contributed by atoms with van der Waals surface area (Å²) in [4.78, 5) is 7.43. The SMILES string of the molecule is CCNC(=NCc1ccc(OC)cc1OC1CCCC1)NC1CCN(C(C)C)CC1.I. The Labute approximate surface area is 205 Å². The number of methoxy groups -OCH3 is 1. The largest absolute Gasteiger partial charge is 0.497 e. The van der Waals surface area contributed by atoms with Crippen LogP contribution in [0.2, 0.25) is 0 Å². The number of rotatable bonds is 8. The third-order valence-corrected chi connectivity index (χ3v) is 6.22. The fourth-order valence-corrected chi connectivity index (χ4v) is 4.33. The number of hydrogen-bond donors (Lipinski definition) is 2. The van der Waals surface area contributed by atoms with Crippen molar-refractivity contribution in [2.24, 2.45) is 4.99 Å². The smallest absolute Gasteiger partial charge is 0.191 e. The third kappa shape index (κ3) is 8.00. The monoisotopic (exact) mass is 544 g/mol. The van der Waals surface area contributed by atoms with Crippen molar-refractivity contribution in [3.63, 3.8) is 0 Å². The van der Waals surface area contributed by atoms with Crippen LogP contribution in [-0.4, -0.2) is 55.8 Å². The first-order valence-corrected chi connectivity index (χ1v) is 11.7. The predicted molar refractivity (Wildman–Crippen MR) is 139 cm³/mol. The molecule has 7 heteroatoms. The second kappa shape index (κ2) is 13.4. The Bertz CT molecular complexity index is 684. The van der Waals surface area contributed by atoms with Gasteiger partial charge in [0, 0.05) is 43.3 Å². The van der Waals surface area contributed by atoms with Gasteiger partial charge in [0.15, 0.2) is 5.96 Å². The van der Waals surface area contributed by atoms with Gasteiger partial charge in [-0.05, 0) is 71.4 Å². The second-order valence-electron chi connectivity index (χ2n) is 8.74. The van der Waals surface area contributed by atoms with E-state index in [0.29, 0.717) is 24.7 Å². The molecule has 0 aromatic heterocycles. The van der Waals surface area contributed by atoms with E-state index < -0.39 is 0 Å². The van der Waals surface area contributed by atoms with Gasteiger partial charge in [-0.15, -0.1) is 24.0 Å². The van der Waals surface area contributed by atoms with Crippen LogP contribution in [0.25, 0.3) is 0 Å². The highest BCUT2D eigenvalue weighted by atomic mass is 127. The molecule has 2 fully saturated rings. The minimum atomic E-state index is 0. The van der Waals surface area contributed by atoms with E-state index >= 15 is 0 Å². The van der Waals surface area contributed by atoms with Gasteiger partial charge in [0.25, 0.3) is 0 Å². The summed E-state index contributed by atoms with van der Waals surface area (Å²) in [5.41, 5.74) is 1.11. The summed E-state index contributed by atoms with van der Waals surface area (Å²) in [6, 6.07) is 7.18. The van der Waals surface area contributed by atoms with E-state index in [0.717, 1.165) is 68.3 Å². The number of guanidine groups is 1. The van der Waals surface area contributed by atoms with Crippen molar-refractivity contribution in [2.45, 2.75) is 84.0 Å². The average Bonchev–Trinajstić information content (AvgIpc) is 3.26. The van der Waals surface area contributed by atoms with Gasteiger partial charge in [-0.2, -0.15) is 0 Å². The fraction of sp³-hybridized carbons (Fsp3) is 0.708. The van der Waals surface area contributed by atoms with Crippen LogP contribution in [0.4, 0.5) is 0 Å². The first-order valence-electron chi connectivity index (χ1n) is 11.7. The van der Waals surface area contributed by atoms with Crippen LogP contribution in [0.5, 0.6) is 11.5 Å². The van der Waals surface area contributed by atoms with Crippen LogP contribution in [0.15, 0.2) is 23.2 Å². The summed E-state index contributed by atoms with van der Waals surface area (Å²) in [7, 11) is 1.70. The number of halogens is 1. The molecule has 1 aliphatic heterocycles. The highest BCUT2D eigenvalue weighted by Gasteiger charge is 2.22. The number of ether oxygens (including phenoxy) is 2. The summed E-state index contributed by atoms with van der Waals surface area (Å²) in [6.45, 7) is 10.4. The molecule has 1 aliphatic carbocycles. The van der Waals surface area contributed by atoms with Gasteiger partial charge in [0.2, 0.25) is 0 Å². The Balaban J connectivity index is 0.00000341. The molecule has 3 rings (SSSR count). The first-order chi connectivity index (χ1) is 14.6. The fourth-order valence-electron chi connectivity index (χ4n) is 4.33. The number of nitrogens with zero attached hydrogens (tertiary/aromatic N) is 2. The summed E-state index contributed by atoms with van der Waals surface area (Å²) in [6.07, 6.45) is 7.41. The molecule has 1 saturated heterocycles. The van der Waals surface area contributed by atoms with E-state index in [1.165, 1.54) is 12.8 Å². The van der Waals surface area contributed by atoms with E-state index in [1.807, 2.05) is 12.1 Å².